The normalized spacial score (nSPS) is 12.8. The summed E-state index contributed by atoms with van der Waals surface area (Å²) in [5, 5.41) is 14.0. The maximum Gasteiger partial charge on any atom is 0.416 e. The molecule has 2 aromatic heterocycles. The molecule has 6 nitrogen and oxygen atoms in total. The number of halogens is 3. The molecule has 3 aromatic rings. The quantitative estimate of drug-likeness (QED) is 0.707. The van der Waals surface area contributed by atoms with Crippen LogP contribution in [0.3, 0.4) is 0 Å². The summed E-state index contributed by atoms with van der Waals surface area (Å²) < 4.78 is 39.7. The number of aryl methyl sites for hydroxylation is 2. The van der Waals surface area contributed by atoms with E-state index in [4.69, 9.17) is 0 Å². The molecule has 0 fully saturated rings. The molecular weight excluding hydrogens is 371 g/mol. The fourth-order valence-electron chi connectivity index (χ4n) is 3.03. The van der Waals surface area contributed by atoms with Crippen LogP contribution in [0.5, 0.6) is 0 Å². The zero-order chi connectivity index (χ0) is 20.6. The van der Waals surface area contributed by atoms with Crippen molar-refractivity contribution in [1.29, 1.82) is 0 Å². The van der Waals surface area contributed by atoms with E-state index in [1.54, 1.807) is 17.7 Å². The number of hydrogen-bond donors (Lipinski definition) is 2. The van der Waals surface area contributed by atoms with Crippen molar-refractivity contribution in [2.24, 2.45) is 7.05 Å². The maximum atomic E-state index is 12.7. The second-order valence-corrected chi connectivity index (χ2v) is 6.65. The molecule has 0 bridgehead atoms. The predicted octanol–water partition coefficient (Wildman–Crippen LogP) is 3.94. The number of amides is 1. The third kappa shape index (κ3) is 3.78. The van der Waals surface area contributed by atoms with Gasteiger partial charge in [0.25, 0.3) is 5.91 Å². The van der Waals surface area contributed by atoms with Gasteiger partial charge in [-0.25, -0.2) is 0 Å². The molecule has 0 aliphatic carbocycles. The van der Waals surface area contributed by atoms with Gasteiger partial charge in [-0.2, -0.15) is 23.4 Å². The molecule has 2 N–H and O–H groups in total. The zero-order valence-electron chi connectivity index (χ0n) is 15.8. The van der Waals surface area contributed by atoms with Crippen LogP contribution in [0.15, 0.2) is 30.3 Å². The van der Waals surface area contributed by atoms with Crippen LogP contribution in [-0.4, -0.2) is 25.9 Å². The number of nitrogens with zero attached hydrogens (tertiary/aromatic N) is 3. The average molecular weight is 391 g/mol. The van der Waals surface area contributed by atoms with Crippen molar-refractivity contribution in [3.8, 4) is 11.3 Å². The van der Waals surface area contributed by atoms with Crippen LogP contribution in [0, 0.1) is 13.8 Å². The minimum atomic E-state index is -4.39. The molecule has 1 atom stereocenters. The number of alkyl halides is 3. The fraction of sp³-hybridized carbons (Fsp3) is 0.316. The van der Waals surface area contributed by atoms with Crippen molar-refractivity contribution in [2.45, 2.75) is 33.0 Å². The van der Waals surface area contributed by atoms with E-state index in [1.807, 2.05) is 20.9 Å². The van der Waals surface area contributed by atoms with Crippen LogP contribution in [0.25, 0.3) is 11.3 Å². The van der Waals surface area contributed by atoms with Gasteiger partial charge in [0.15, 0.2) is 0 Å². The van der Waals surface area contributed by atoms with Gasteiger partial charge in [0.05, 0.1) is 23.0 Å². The van der Waals surface area contributed by atoms with Crippen LogP contribution in [0.1, 0.15) is 46.0 Å². The predicted molar refractivity (Wildman–Crippen MR) is 97.6 cm³/mol. The van der Waals surface area contributed by atoms with Crippen LogP contribution in [0.2, 0.25) is 0 Å². The monoisotopic (exact) mass is 391 g/mol. The minimum absolute atomic E-state index is 0.261. The number of rotatable bonds is 4. The standard InChI is InChI=1S/C19H20F3N5O/c1-10(13-5-7-14(8-6-13)19(20,21)22)23-18(28)16-9-15(24-25-16)17-11(2)26-27(4)12(17)3/h5-10H,1-4H3,(H,23,28)(H,24,25). The van der Waals surface area contributed by atoms with Crippen molar-refractivity contribution in [3.63, 3.8) is 0 Å². The van der Waals surface area contributed by atoms with Gasteiger partial charge in [0.1, 0.15) is 5.69 Å². The molecule has 148 valence electrons. The Morgan fingerprint density at radius 3 is 2.39 bits per heavy atom. The summed E-state index contributed by atoms with van der Waals surface area (Å²) in [6, 6.07) is 5.87. The molecule has 0 radical (unpaired) electrons. The van der Waals surface area contributed by atoms with Crippen molar-refractivity contribution in [1.82, 2.24) is 25.3 Å². The summed E-state index contributed by atoms with van der Waals surface area (Å²) in [6.07, 6.45) is -4.39. The van der Waals surface area contributed by atoms with Gasteiger partial charge in [-0.3, -0.25) is 14.6 Å². The number of H-pyrrole nitrogens is 1. The molecule has 1 aromatic carbocycles. The molecule has 0 aliphatic heterocycles. The second kappa shape index (κ2) is 7.14. The Bertz CT molecular complexity index is 1000. The maximum absolute atomic E-state index is 12.7. The van der Waals surface area contributed by atoms with Crippen LogP contribution >= 0.6 is 0 Å². The smallest absolute Gasteiger partial charge is 0.344 e. The van der Waals surface area contributed by atoms with E-state index < -0.39 is 23.7 Å². The Morgan fingerprint density at radius 2 is 1.86 bits per heavy atom. The lowest BCUT2D eigenvalue weighted by Gasteiger charge is -2.15. The highest BCUT2D eigenvalue weighted by atomic mass is 19.4. The fourth-order valence-corrected chi connectivity index (χ4v) is 3.03. The van der Waals surface area contributed by atoms with E-state index in [1.165, 1.54) is 12.1 Å². The Kier molecular flexibility index (Phi) is 5.01. The van der Waals surface area contributed by atoms with Gasteiger partial charge in [-0.05, 0) is 44.5 Å². The summed E-state index contributed by atoms with van der Waals surface area (Å²) >= 11 is 0. The average Bonchev–Trinajstić information content (AvgIpc) is 3.19. The number of hydrogen-bond acceptors (Lipinski definition) is 3. The third-order valence-electron chi connectivity index (χ3n) is 4.67. The topological polar surface area (TPSA) is 75.6 Å². The van der Waals surface area contributed by atoms with Crippen molar-refractivity contribution >= 4 is 5.91 Å². The molecule has 0 saturated heterocycles. The van der Waals surface area contributed by atoms with E-state index in [-0.39, 0.29) is 5.69 Å². The first kappa shape index (κ1) is 19.7. The summed E-state index contributed by atoms with van der Waals surface area (Å²) in [5.74, 6) is -0.398. The van der Waals surface area contributed by atoms with Crippen molar-refractivity contribution < 1.29 is 18.0 Å². The lowest BCUT2D eigenvalue weighted by molar-refractivity contribution is -0.137. The van der Waals surface area contributed by atoms with Crippen molar-refractivity contribution in [2.75, 3.05) is 0 Å². The highest BCUT2D eigenvalue weighted by Crippen LogP contribution is 2.30. The van der Waals surface area contributed by atoms with Gasteiger partial charge in [-0.15, -0.1) is 0 Å². The summed E-state index contributed by atoms with van der Waals surface area (Å²) in [5.41, 5.74) is 3.29. The first-order chi connectivity index (χ1) is 13.1. The summed E-state index contributed by atoms with van der Waals surface area (Å²) in [4.78, 5) is 12.5. The first-order valence-corrected chi connectivity index (χ1v) is 8.62. The van der Waals surface area contributed by atoms with Gasteiger partial charge in [0, 0.05) is 18.3 Å². The molecule has 1 unspecified atom stereocenters. The number of carbonyl (C=O) groups is 1. The molecule has 0 spiro atoms. The van der Waals surface area contributed by atoms with Gasteiger partial charge >= 0.3 is 6.18 Å². The second-order valence-electron chi connectivity index (χ2n) is 6.65. The zero-order valence-corrected chi connectivity index (χ0v) is 15.8. The van der Waals surface area contributed by atoms with E-state index in [0.29, 0.717) is 11.3 Å². The highest BCUT2D eigenvalue weighted by Gasteiger charge is 2.30. The highest BCUT2D eigenvalue weighted by molar-refractivity contribution is 5.93. The number of benzene rings is 1. The van der Waals surface area contributed by atoms with E-state index >= 15 is 0 Å². The van der Waals surface area contributed by atoms with Gasteiger partial charge < -0.3 is 5.32 Å². The van der Waals surface area contributed by atoms with Gasteiger partial charge in [0.2, 0.25) is 0 Å². The lowest BCUT2D eigenvalue weighted by Crippen LogP contribution is -2.27. The summed E-state index contributed by atoms with van der Waals surface area (Å²) in [7, 11) is 1.83. The molecule has 9 heteroatoms. The molecular formula is C19H20F3N5O. The Labute approximate surface area is 159 Å². The third-order valence-corrected chi connectivity index (χ3v) is 4.67. The van der Waals surface area contributed by atoms with E-state index in [2.05, 4.69) is 20.6 Å². The number of aromatic nitrogens is 4. The van der Waals surface area contributed by atoms with Crippen LogP contribution < -0.4 is 5.32 Å². The SMILES string of the molecule is Cc1nn(C)c(C)c1-c1cc(C(=O)NC(C)c2ccc(C(F)(F)F)cc2)[nH]n1. The van der Waals surface area contributed by atoms with Crippen molar-refractivity contribution in [3.05, 3.63) is 58.5 Å². The Balaban J connectivity index is 1.74. The Morgan fingerprint density at radius 1 is 1.21 bits per heavy atom. The number of aromatic amines is 1. The van der Waals surface area contributed by atoms with E-state index in [0.717, 1.165) is 29.1 Å². The van der Waals surface area contributed by atoms with Gasteiger partial charge in [-0.1, -0.05) is 12.1 Å². The molecule has 1 amide bonds. The van der Waals surface area contributed by atoms with Crippen LogP contribution in [-0.2, 0) is 13.2 Å². The molecule has 0 aliphatic rings. The molecule has 28 heavy (non-hydrogen) atoms. The first-order valence-electron chi connectivity index (χ1n) is 8.62. The van der Waals surface area contributed by atoms with E-state index in [9.17, 15) is 18.0 Å². The minimum Gasteiger partial charge on any atom is -0.344 e. The Hall–Kier alpha value is -3.10. The number of carbonyl (C=O) groups excluding carboxylic acids is 1. The largest absolute Gasteiger partial charge is 0.416 e. The molecule has 2 heterocycles. The number of nitrogens with one attached hydrogen (secondary N) is 2. The van der Waals surface area contributed by atoms with Crippen LogP contribution in [0.4, 0.5) is 13.2 Å². The lowest BCUT2D eigenvalue weighted by atomic mass is 10.1. The molecule has 3 rings (SSSR count). The molecule has 0 saturated carbocycles. The summed E-state index contributed by atoms with van der Waals surface area (Å²) in [6.45, 7) is 5.48.